The Morgan fingerprint density at radius 1 is 1.47 bits per heavy atom. The molecule has 1 saturated heterocycles. The maximum Gasteiger partial charge on any atom is 0.0579 e. The van der Waals surface area contributed by atoms with E-state index >= 15 is 0 Å². The smallest absolute Gasteiger partial charge is 0.0579 e. The molecule has 0 aromatic heterocycles. The van der Waals surface area contributed by atoms with Crippen molar-refractivity contribution < 1.29 is 9.84 Å². The Balaban J connectivity index is 1.71. The van der Waals surface area contributed by atoms with Crippen LogP contribution in [0.3, 0.4) is 0 Å². The van der Waals surface area contributed by atoms with Crippen molar-refractivity contribution in [3.05, 3.63) is 28.8 Å². The van der Waals surface area contributed by atoms with Crippen LogP contribution in [0.15, 0.2) is 23.1 Å². The number of fused-ring (bicyclic) bond motifs is 1. The second kappa shape index (κ2) is 5.62. The lowest BCUT2D eigenvalue weighted by atomic mass is 9.86. The average molecular weight is 300 g/mol. The second-order valence-corrected chi connectivity index (χ2v) is 6.98. The molecular weight excluding hydrogens is 282 g/mol. The van der Waals surface area contributed by atoms with Gasteiger partial charge in [0.1, 0.15) is 0 Å². The number of aliphatic hydroxyl groups excluding tert-OH is 1. The van der Waals surface area contributed by atoms with Crippen LogP contribution in [0.4, 0.5) is 0 Å². The monoisotopic (exact) mass is 299 g/mol. The molecule has 2 N–H and O–H groups in total. The van der Waals surface area contributed by atoms with Gasteiger partial charge in [-0.25, -0.2) is 0 Å². The number of ether oxygens (including phenoxy) is 1. The summed E-state index contributed by atoms with van der Waals surface area (Å²) in [5.41, 5.74) is 1.21. The van der Waals surface area contributed by atoms with Gasteiger partial charge >= 0.3 is 0 Å². The maximum absolute atomic E-state index is 9.46. The summed E-state index contributed by atoms with van der Waals surface area (Å²) in [6.07, 6.45) is 1.10. The molecule has 1 unspecified atom stereocenters. The summed E-state index contributed by atoms with van der Waals surface area (Å²) < 4.78 is 5.23. The van der Waals surface area contributed by atoms with Crippen molar-refractivity contribution in [2.45, 2.75) is 17.4 Å². The molecule has 0 aliphatic carbocycles. The minimum absolute atomic E-state index is 0.0800. The minimum Gasteiger partial charge on any atom is -0.396 e. The van der Waals surface area contributed by atoms with E-state index in [1.165, 1.54) is 10.5 Å². The molecule has 19 heavy (non-hydrogen) atoms. The summed E-state index contributed by atoms with van der Waals surface area (Å²) >= 11 is 7.99. The van der Waals surface area contributed by atoms with Gasteiger partial charge in [-0.15, -0.1) is 11.8 Å². The number of hydrogen-bond acceptors (Lipinski definition) is 4. The Hall–Kier alpha value is -0.260. The van der Waals surface area contributed by atoms with Crippen molar-refractivity contribution in [1.82, 2.24) is 5.32 Å². The Labute approximate surface area is 122 Å². The van der Waals surface area contributed by atoms with Crippen molar-refractivity contribution >= 4 is 23.4 Å². The lowest BCUT2D eigenvalue weighted by Crippen LogP contribution is -2.52. The number of halogens is 1. The standard InChI is InChI=1S/C14H18ClNO2S/c15-10-1-2-13-11(5-10)12(3-4-19-13)16-6-14(7-17)8-18-9-14/h1-2,5,12,16-17H,3-4,6-9H2. The first-order valence-corrected chi connectivity index (χ1v) is 7.93. The largest absolute Gasteiger partial charge is 0.396 e. The third-order valence-corrected chi connectivity index (χ3v) is 5.24. The van der Waals surface area contributed by atoms with Crippen LogP contribution >= 0.6 is 23.4 Å². The molecular formula is C14H18ClNO2S. The van der Waals surface area contributed by atoms with Crippen molar-refractivity contribution in [2.24, 2.45) is 5.41 Å². The summed E-state index contributed by atoms with van der Waals surface area (Å²) in [5.74, 6) is 1.12. The van der Waals surface area contributed by atoms with Crippen LogP contribution in [0.25, 0.3) is 0 Å². The van der Waals surface area contributed by atoms with Crippen molar-refractivity contribution in [3.8, 4) is 0 Å². The maximum atomic E-state index is 9.46. The molecule has 1 fully saturated rings. The molecule has 2 aliphatic rings. The van der Waals surface area contributed by atoms with Crippen LogP contribution in [0, 0.1) is 5.41 Å². The molecule has 104 valence electrons. The van der Waals surface area contributed by atoms with E-state index in [0.717, 1.165) is 23.7 Å². The van der Waals surface area contributed by atoms with Gasteiger partial charge in [-0.1, -0.05) is 11.6 Å². The first-order valence-electron chi connectivity index (χ1n) is 6.57. The first-order chi connectivity index (χ1) is 9.22. The van der Waals surface area contributed by atoms with E-state index in [1.807, 2.05) is 17.8 Å². The molecule has 3 nitrogen and oxygen atoms in total. The van der Waals surface area contributed by atoms with E-state index in [4.69, 9.17) is 16.3 Å². The second-order valence-electron chi connectivity index (χ2n) is 5.40. The van der Waals surface area contributed by atoms with E-state index in [-0.39, 0.29) is 12.0 Å². The topological polar surface area (TPSA) is 41.5 Å². The van der Waals surface area contributed by atoms with Crippen molar-refractivity contribution in [3.63, 3.8) is 0 Å². The SMILES string of the molecule is OCC1(CNC2CCSc3ccc(Cl)cc32)COC1. The van der Waals surface area contributed by atoms with Gasteiger partial charge in [-0.2, -0.15) is 0 Å². The number of hydrogen-bond donors (Lipinski definition) is 2. The number of aliphatic hydroxyl groups is 1. The van der Waals surface area contributed by atoms with Crippen molar-refractivity contribution in [1.29, 1.82) is 0 Å². The fourth-order valence-electron chi connectivity index (χ4n) is 2.56. The molecule has 3 rings (SSSR count). The number of nitrogens with one attached hydrogen (secondary N) is 1. The fourth-order valence-corrected chi connectivity index (χ4v) is 3.84. The predicted molar refractivity (Wildman–Crippen MR) is 77.9 cm³/mol. The predicted octanol–water partition coefficient (Wildman–Crippen LogP) is 2.48. The van der Waals surface area contributed by atoms with Gasteiger partial charge in [0.25, 0.3) is 0 Å². The van der Waals surface area contributed by atoms with Gasteiger partial charge in [-0.3, -0.25) is 0 Å². The molecule has 0 radical (unpaired) electrons. The summed E-state index contributed by atoms with van der Waals surface area (Å²) in [6, 6.07) is 6.44. The lowest BCUT2D eigenvalue weighted by Gasteiger charge is -2.41. The highest BCUT2D eigenvalue weighted by atomic mass is 35.5. The zero-order valence-corrected chi connectivity index (χ0v) is 12.3. The van der Waals surface area contributed by atoms with Crippen LogP contribution in [0.1, 0.15) is 18.0 Å². The normalized spacial score (nSPS) is 24.6. The third-order valence-electron chi connectivity index (χ3n) is 3.89. The third kappa shape index (κ3) is 2.78. The number of benzene rings is 1. The minimum atomic E-state index is -0.0800. The Morgan fingerprint density at radius 2 is 2.32 bits per heavy atom. The van der Waals surface area contributed by atoms with Crippen LogP contribution in [0.5, 0.6) is 0 Å². The molecule has 2 heterocycles. The van der Waals surface area contributed by atoms with Crippen LogP contribution < -0.4 is 5.32 Å². The molecule has 5 heteroatoms. The molecule has 0 bridgehead atoms. The van der Waals surface area contributed by atoms with E-state index in [2.05, 4.69) is 17.4 Å². The summed E-state index contributed by atoms with van der Waals surface area (Å²) in [5, 5.41) is 13.8. The van der Waals surface area contributed by atoms with Crippen molar-refractivity contribution in [2.75, 3.05) is 32.1 Å². The lowest BCUT2D eigenvalue weighted by molar-refractivity contribution is -0.135. The van der Waals surface area contributed by atoms with Gasteiger partial charge in [0, 0.05) is 22.5 Å². The molecule has 1 atom stereocenters. The zero-order chi connectivity index (χ0) is 13.3. The number of rotatable bonds is 4. The summed E-state index contributed by atoms with van der Waals surface area (Å²) in [7, 11) is 0. The van der Waals surface area contributed by atoms with Gasteiger partial charge in [0.2, 0.25) is 0 Å². The van der Waals surface area contributed by atoms with E-state index in [1.54, 1.807) is 0 Å². The van der Waals surface area contributed by atoms with Gasteiger partial charge < -0.3 is 15.2 Å². The van der Waals surface area contributed by atoms with Gasteiger partial charge in [-0.05, 0) is 35.9 Å². The average Bonchev–Trinajstić information content (AvgIpc) is 2.38. The Kier molecular flexibility index (Phi) is 4.06. The summed E-state index contributed by atoms with van der Waals surface area (Å²) in [6.45, 7) is 2.29. The molecule has 1 aromatic carbocycles. The molecule has 0 saturated carbocycles. The Bertz CT molecular complexity index is 459. The Morgan fingerprint density at radius 3 is 3.00 bits per heavy atom. The molecule has 0 amide bonds. The molecule has 0 spiro atoms. The van der Waals surface area contributed by atoms with Crippen LogP contribution in [-0.2, 0) is 4.74 Å². The first kappa shape index (κ1) is 13.7. The number of thioether (sulfide) groups is 1. The van der Waals surface area contributed by atoms with Gasteiger partial charge in [0.05, 0.1) is 25.2 Å². The zero-order valence-electron chi connectivity index (χ0n) is 10.7. The highest BCUT2D eigenvalue weighted by Gasteiger charge is 2.38. The highest BCUT2D eigenvalue weighted by molar-refractivity contribution is 7.99. The summed E-state index contributed by atoms with van der Waals surface area (Å²) in [4.78, 5) is 1.32. The van der Waals surface area contributed by atoms with Gasteiger partial charge in [0.15, 0.2) is 0 Å². The quantitative estimate of drug-likeness (QED) is 0.896. The molecule has 2 aliphatic heterocycles. The van der Waals surface area contributed by atoms with E-state index < -0.39 is 0 Å². The van der Waals surface area contributed by atoms with E-state index in [0.29, 0.717) is 19.3 Å². The fraction of sp³-hybridized carbons (Fsp3) is 0.571. The molecule has 1 aromatic rings. The van der Waals surface area contributed by atoms with E-state index in [9.17, 15) is 5.11 Å². The van der Waals surface area contributed by atoms with Crippen LogP contribution in [-0.4, -0.2) is 37.2 Å². The highest BCUT2D eigenvalue weighted by Crippen LogP contribution is 2.38. The van der Waals surface area contributed by atoms with Crippen LogP contribution in [0.2, 0.25) is 5.02 Å².